The number of urea groups is 1. The van der Waals surface area contributed by atoms with Gasteiger partial charge in [-0.3, -0.25) is 0 Å². The Balaban J connectivity index is 0.000000310. The van der Waals surface area contributed by atoms with Crippen LogP contribution in [0.25, 0.3) is 6.08 Å². The van der Waals surface area contributed by atoms with E-state index >= 15 is 0 Å². The third-order valence-corrected chi connectivity index (χ3v) is 1.16. The quantitative estimate of drug-likeness (QED) is 0.603. The van der Waals surface area contributed by atoms with Crippen LogP contribution in [0.2, 0.25) is 0 Å². The molecule has 0 spiro atoms. The van der Waals surface area contributed by atoms with Crippen LogP contribution < -0.4 is 11.5 Å². The van der Waals surface area contributed by atoms with Gasteiger partial charge in [0.25, 0.3) is 0 Å². The Morgan fingerprint density at radius 1 is 1.38 bits per heavy atom. The maximum atomic E-state index is 9.04. The van der Waals surface area contributed by atoms with Crippen molar-refractivity contribution < 1.29 is 9.90 Å². The third-order valence-electron chi connectivity index (χ3n) is 1.16. The van der Waals surface area contributed by atoms with Gasteiger partial charge < -0.3 is 16.6 Å². The number of phenolic OH excluding ortho intramolecular Hbond substituents is 1. The molecule has 70 valence electrons. The summed E-state index contributed by atoms with van der Waals surface area (Å²) in [5, 5.41) is 9.04. The van der Waals surface area contributed by atoms with E-state index in [4.69, 9.17) is 9.90 Å². The lowest BCUT2D eigenvalue weighted by molar-refractivity contribution is 0.256. The molecule has 0 aliphatic carbocycles. The van der Waals surface area contributed by atoms with Crippen LogP contribution in [0, 0.1) is 0 Å². The maximum absolute atomic E-state index is 9.04. The number of rotatable bonds is 1. The fourth-order valence-electron chi connectivity index (χ4n) is 0.660. The van der Waals surface area contributed by atoms with Gasteiger partial charge in [-0.05, 0) is 6.07 Å². The van der Waals surface area contributed by atoms with Crippen molar-refractivity contribution in [3.63, 3.8) is 0 Å². The summed E-state index contributed by atoms with van der Waals surface area (Å²) in [5.74, 6) is 0.285. The van der Waals surface area contributed by atoms with Crippen molar-refractivity contribution in [1.29, 1.82) is 0 Å². The number of benzene rings is 1. The molecule has 0 radical (unpaired) electrons. The number of aromatic hydroxyl groups is 1. The zero-order valence-electron chi connectivity index (χ0n) is 7.10. The number of phenols is 1. The van der Waals surface area contributed by atoms with E-state index in [0.29, 0.717) is 0 Å². The number of amides is 2. The van der Waals surface area contributed by atoms with Crippen LogP contribution in [-0.4, -0.2) is 11.1 Å². The Hall–Kier alpha value is -1.97. The molecular formula is C9H12N2O2. The number of carbonyl (C=O) groups is 1. The number of hydrogen-bond acceptors (Lipinski definition) is 2. The van der Waals surface area contributed by atoms with E-state index in [0.717, 1.165) is 5.56 Å². The molecular weight excluding hydrogens is 168 g/mol. The molecule has 0 aromatic heterocycles. The number of carbonyl (C=O) groups excluding carboxylic acids is 1. The Morgan fingerprint density at radius 3 is 2.15 bits per heavy atom. The van der Waals surface area contributed by atoms with Gasteiger partial charge in [0, 0.05) is 5.56 Å². The normalized spacial score (nSPS) is 8.00. The van der Waals surface area contributed by atoms with Gasteiger partial charge in [-0.15, -0.1) is 0 Å². The molecule has 0 heterocycles. The van der Waals surface area contributed by atoms with Gasteiger partial charge >= 0.3 is 6.03 Å². The molecule has 4 heteroatoms. The SMILES string of the molecule is C=Cc1ccccc1O.NC(N)=O. The summed E-state index contributed by atoms with van der Waals surface area (Å²) < 4.78 is 0. The van der Waals surface area contributed by atoms with Crippen molar-refractivity contribution >= 4 is 12.1 Å². The molecule has 0 saturated heterocycles. The molecule has 0 fully saturated rings. The summed E-state index contributed by atoms with van der Waals surface area (Å²) in [6.45, 7) is 3.53. The summed E-state index contributed by atoms with van der Waals surface area (Å²) in [5.41, 5.74) is 9.28. The molecule has 0 atom stereocenters. The Kier molecular flexibility index (Phi) is 4.79. The molecule has 1 aromatic rings. The average molecular weight is 180 g/mol. The van der Waals surface area contributed by atoms with Gasteiger partial charge in [-0.2, -0.15) is 0 Å². The van der Waals surface area contributed by atoms with Crippen molar-refractivity contribution in [1.82, 2.24) is 0 Å². The first-order valence-electron chi connectivity index (χ1n) is 3.53. The molecule has 2 amide bonds. The highest BCUT2D eigenvalue weighted by atomic mass is 16.3. The second-order valence-electron chi connectivity index (χ2n) is 2.17. The highest BCUT2D eigenvalue weighted by molar-refractivity contribution is 5.69. The number of primary amides is 2. The number of para-hydroxylation sites is 1. The van der Waals surface area contributed by atoms with E-state index in [1.54, 1.807) is 18.2 Å². The molecule has 5 N–H and O–H groups in total. The van der Waals surface area contributed by atoms with Gasteiger partial charge in [0.1, 0.15) is 5.75 Å². The van der Waals surface area contributed by atoms with Crippen molar-refractivity contribution in [2.24, 2.45) is 11.5 Å². The zero-order chi connectivity index (χ0) is 10.3. The van der Waals surface area contributed by atoms with E-state index < -0.39 is 6.03 Å². The summed E-state index contributed by atoms with van der Waals surface area (Å²) in [7, 11) is 0. The van der Waals surface area contributed by atoms with Crippen LogP contribution in [-0.2, 0) is 0 Å². The number of nitrogens with two attached hydrogens (primary N) is 2. The second-order valence-corrected chi connectivity index (χ2v) is 2.17. The van der Waals surface area contributed by atoms with Crippen molar-refractivity contribution in [2.45, 2.75) is 0 Å². The summed E-state index contributed by atoms with van der Waals surface area (Å²) in [6.07, 6.45) is 1.62. The highest BCUT2D eigenvalue weighted by Gasteiger charge is 1.89. The minimum atomic E-state index is -0.833. The van der Waals surface area contributed by atoms with Crippen LogP contribution in [0.4, 0.5) is 4.79 Å². The van der Waals surface area contributed by atoms with E-state index in [1.165, 1.54) is 0 Å². The third kappa shape index (κ3) is 5.32. The van der Waals surface area contributed by atoms with Crippen molar-refractivity contribution in [3.05, 3.63) is 36.4 Å². The molecule has 0 aliphatic rings. The maximum Gasteiger partial charge on any atom is 0.309 e. The fourth-order valence-corrected chi connectivity index (χ4v) is 0.660. The molecule has 0 saturated carbocycles. The second kappa shape index (κ2) is 5.65. The average Bonchev–Trinajstić information content (AvgIpc) is 2.04. The first-order chi connectivity index (χ1) is 6.07. The Bertz CT molecular complexity index is 293. The largest absolute Gasteiger partial charge is 0.507 e. The van der Waals surface area contributed by atoms with Crippen LogP contribution in [0.3, 0.4) is 0 Å². The molecule has 1 aromatic carbocycles. The first-order valence-corrected chi connectivity index (χ1v) is 3.53. The van der Waals surface area contributed by atoms with Crippen LogP contribution in [0.1, 0.15) is 5.56 Å². The van der Waals surface area contributed by atoms with E-state index in [2.05, 4.69) is 18.0 Å². The molecule has 13 heavy (non-hydrogen) atoms. The van der Waals surface area contributed by atoms with Crippen LogP contribution in [0.15, 0.2) is 30.8 Å². The lowest BCUT2D eigenvalue weighted by Gasteiger charge is -1.93. The lowest BCUT2D eigenvalue weighted by Crippen LogP contribution is -2.18. The van der Waals surface area contributed by atoms with Crippen molar-refractivity contribution in [2.75, 3.05) is 0 Å². The zero-order valence-corrected chi connectivity index (χ0v) is 7.10. The number of hydrogen-bond donors (Lipinski definition) is 3. The van der Waals surface area contributed by atoms with Gasteiger partial charge in [-0.25, -0.2) is 4.79 Å². The molecule has 0 unspecified atom stereocenters. The topological polar surface area (TPSA) is 89.3 Å². The minimum absolute atomic E-state index is 0.285. The standard InChI is InChI=1S/C8H8O.CH4N2O/c1-2-7-5-3-4-6-8(7)9;2-1(3)4/h2-6,9H,1H2;(H4,2,3,4). The van der Waals surface area contributed by atoms with Gasteiger partial charge in [0.15, 0.2) is 0 Å². The first kappa shape index (κ1) is 11.0. The summed E-state index contributed by atoms with van der Waals surface area (Å²) in [6, 6.07) is 6.25. The monoisotopic (exact) mass is 180 g/mol. The van der Waals surface area contributed by atoms with Gasteiger partial charge in [0.05, 0.1) is 0 Å². The van der Waals surface area contributed by atoms with E-state index in [1.807, 2.05) is 12.1 Å². The Labute approximate surface area is 76.5 Å². The van der Waals surface area contributed by atoms with Gasteiger partial charge in [-0.1, -0.05) is 30.9 Å². The lowest BCUT2D eigenvalue weighted by atomic mass is 10.2. The fraction of sp³-hybridized carbons (Fsp3) is 0. The van der Waals surface area contributed by atoms with Crippen LogP contribution >= 0.6 is 0 Å². The van der Waals surface area contributed by atoms with E-state index in [-0.39, 0.29) is 5.75 Å². The molecule has 4 nitrogen and oxygen atoms in total. The highest BCUT2D eigenvalue weighted by Crippen LogP contribution is 2.15. The summed E-state index contributed by atoms with van der Waals surface area (Å²) >= 11 is 0. The smallest absolute Gasteiger partial charge is 0.309 e. The van der Waals surface area contributed by atoms with E-state index in [9.17, 15) is 0 Å². The predicted octanol–water partition coefficient (Wildman–Crippen LogP) is 1.06. The summed E-state index contributed by atoms with van der Waals surface area (Å²) in [4.78, 5) is 9.00. The minimum Gasteiger partial charge on any atom is -0.507 e. The predicted molar refractivity (Wildman–Crippen MR) is 52.0 cm³/mol. The molecule has 0 aliphatic heterocycles. The van der Waals surface area contributed by atoms with Crippen molar-refractivity contribution in [3.8, 4) is 5.75 Å². The van der Waals surface area contributed by atoms with Gasteiger partial charge in [0.2, 0.25) is 0 Å². The molecule has 0 bridgehead atoms. The Morgan fingerprint density at radius 2 is 1.85 bits per heavy atom. The van der Waals surface area contributed by atoms with Crippen LogP contribution in [0.5, 0.6) is 5.75 Å². The molecule has 1 rings (SSSR count).